The molecule has 0 atom stereocenters. The van der Waals surface area contributed by atoms with Crippen molar-refractivity contribution in [2.75, 3.05) is 0 Å². The molecule has 0 aromatic heterocycles. The fraction of sp³-hybridized carbons (Fsp3) is 0.364. The monoisotopic (exact) mass is 272 g/mol. The van der Waals surface area contributed by atoms with Crippen LogP contribution < -0.4 is 0 Å². The number of aliphatic carboxylic acids is 1. The van der Waals surface area contributed by atoms with Gasteiger partial charge in [0.25, 0.3) is 0 Å². The van der Waals surface area contributed by atoms with E-state index in [-0.39, 0.29) is 5.82 Å². The van der Waals surface area contributed by atoms with Gasteiger partial charge >= 0.3 is 5.97 Å². The van der Waals surface area contributed by atoms with E-state index in [1.165, 1.54) is 12.1 Å². The van der Waals surface area contributed by atoms with Crippen LogP contribution in [0.3, 0.4) is 0 Å². The Hall–Kier alpha value is -0.900. The smallest absolute Gasteiger partial charge is 0.309 e. The van der Waals surface area contributed by atoms with Gasteiger partial charge in [-0.1, -0.05) is 15.9 Å². The van der Waals surface area contributed by atoms with Crippen LogP contribution in [0, 0.1) is 11.2 Å². The van der Waals surface area contributed by atoms with Gasteiger partial charge < -0.3 is 5.11 Å². The van der Waals surface area contributed by atoms with Crippen molar-refractivity contribution in [1.29, 1.82) is 0 Å². The van der Waals surface area contributed by atoms with E-state index < -0.39 is 11.4 Å². The van der Waals surface area contributed by atoms with E-state index in [0.29, 0.717) is 23.7 Å². The van der Waals surface area contributed by atoms with Gasteiger partial charge in [0.2, 0.25) is 0 Å². The Labute approximate surface area is 95.2 Å². The van der Waals surface area contributed by atoms with Crippen molar-refractivity contribution >= 4 is 21.9 Å². The Bertz CT molecular complexity index is 393. The molecule has 1 aromatic carbocycles. The summed E-state index contributed by atoms with van der Waals surface area (Å²) in [6.07, 6.45) is 1.80. The first-order chi connectivity index (χ1) is 7.02. The van der Waals surface area contributed by atoms with Gasteiger partial charge in [0.05, 0.1) is 5.41 Å². The van der Waals surface area contributed by atoms with Crippen molar-refractivity contribution in [1.82, 2.24) is 0 Å². The minimum absolute atomic E-state index is 0.333. The van der Waals surface area contributed by atoms with E-state index >= 15 is 0 Å². The molecule has 0 saturated heterocycles. The molecule has 15 heavy (non-hydrogen) atoms. The first-order valence-electron chi connectivity index (χ1n) is 4.70. The third-order valence-corrected chi connectivity index (χ3v) is 3.23. The van der Waals surface area contributed by atoms with Gasteiger partial charge in [0.15, 0.2) is 0 Å². The van der Waals surface area contributed by atoms with Crippen LogP contribution in [0.25, 0.3) is 0 Å². The Balaban J connectivity index is 2.21. The molecule has 4 heteroatoms. The Kier molecular flexibility index (Phi) is 2.54. The quantitative estimate of drug-likeness (QED) is 0.919. The number of carboxylic acids is 1. The van der Waals surface area contributed by atoms with E-state index in [4.69, 9.17) is 5.11 Å². The highest BCUT2D eigenvalue weighted by Gasteiger charge is 2.49. The zero-order valence-corrected chi connectivity index (χ0v) is 9.55. The number of benzene rings is 1. The molecule has 0 radical (unpaired) electrons. The largest absolute Gasteiger partial charge is 0.481 e. The third-order valence-electron chi connectivity index (χ3n) is 2.77. The van der Waals surface area contributed by atoms with Crippen molar-refractivity contribution in [3.05, 3.63) is 34.1 Å². The van der Waals surface area contributed by atoms with Crippen molar-refractivity contribution < 1.29 is 14.3 Å². The molecule has 0 aliphatic heterocycles. The SMILES string of the molecule is O=C(O)C1(Cc2cc(F)cc(Br)c2)CC1. The zero-order chi connectivity index (χ0) is 11.1. The highest BCUT2D eigenvalue weighted by Crippen LogP contribution is 2.48. The fourth-order valence-electron chi connectivity index (χ4n) is 1.72. The summed E-state index contributed by atoms with van der Waals surface area (Å²) in [7, 11) is 0. The van der Waals surface area contributed by atoms with Crippen molar-refractivity contribution in [3.8, 4) is 0 Å². The second-order valence-electron chi connectivity index (χ2n) is 4.04. The summed E-state index contributed by atoms with van der Waals surface area (Å²) in [5.41, 5.74) is 0.106. The van der Waals surface area contributed by atoms with Gasteiger partial charge in [-0.05, 0) is 43.0 Å². The van der Waals surface area contributed by atoms with Gasteiger partial charge in [0.1, 0.15) is 5.82 Å². The Morgan fingerprint density at radius 2 is 2.13 bits per heavy atom. The molecular formula is C11H10BrFO2. The number of carboxylic acid groups (broad SMARTS) is 1. The van der Waals surface area contributed by atoms with E-state index in [1.54, 1.807) is 6.07 Å². The zero-order valence-electron chi connectivity index (χ0n) is 7.96. The molecule has 80 valence electrons. The number of hydrogen-bond donors (Lipinski definition) is 1. The Morgan fingerprint density at radius 3 is 2.60 bits per heavy atom. The first-order valence-corrected chi connectivity index (χ1v) is 5.49. The van der Waals surface area contributed by atoms with E-state index in [9.17, 15) is 9.18 Å². The predicted molar refractivity (Wildman–Crippen MR) is 57.1 cm³/mol. The lowest BCUT2D eigenvalue weighted by molar-refractivity contribution is -0.143. The average Bonchev–Trinajstić information content (AvgIpc) is 2.83. The van der Waals surface area contributed by atoms with Crippen LogP contribution in [0.4, 0.5) is 4.39 Å². The van der Waals surface area contributed by atoms with Crippen LogP contribution >= 0.6 is 15.9 Å². The molecule has 0 spiro atoms. The number of halogens is 2. The maximum Gasteiger partial charge on any atom is 0.309 e. The summed E-state index contributed by atoms with van der Waals surface area (Å²) in [5, 5.41) is 9.00. The lowest BCUT2D eigenvalue weighted by Crippen LogP contribution is -2.17. The third kappa shape index (κ3) is 2.20. The molecule has 2 rings (SSSR count). The molecule has 1 aliphatic rings. The van der Waals surface area contributed by atoms with Crippen molar-refractivity contribution in [2.45, 2.75) is 19.3 Å². The van der Waals surface area contributed by atoms with E-state index in [0.717, 1.165) is 5.56 Å². The van der Waals surface area contributed by atoms with Crippen LogP contribution in [0.5, 0.6) is 0 Å². The van der Waals surface area contributed by atoms with Gasteiger partial charge in [-0.15, -0.1) is 0 Å². The van der Waals surface area contributed by atoms with Crippen LogP contribution in [0.15, 0.2) is 22.7 Å². The fourth-order valence-corrected chi connectivity index (χ4v) is 2.23. The number of rotatable bonds is 3. The molecule has 0 heterocycles. The van der Waals surface area contributed by atoms with Gasteiger partial charge in [-0.3, -0.25) is 4.79 Å². The molecule has 2 nitrogen and oxygen atoms in total. The van der Waals surface area contributed by atoms with Crippen molar-refractivity contribution in [2.24, 2.45) is 5.41 Å². The first kappa shape index (κ1) is 10.6. The summed E-state index contributed by atoms with van der Waals surface area (Å²) in [4.78, 5) is 11.0. The molecule has 0 amide bonds. The molecule has 1 saturated carbocycles. The van der Waals surface area contributed by atoms with Crippen LogP contribution in [-0.4, -0.2) is 11.1 Å². The van der Waals surface area contributed by atoms with E-state index in [1.807, 2.05) is 0 Å². The molecule has 1 aliphatic carbocycles. The van der Waals surface area contributed by atoms with Crippen LogP contribution in [0.2, 0.25) is 0 Å². The minimum Gasteiger partial charge on any atom is -0.481 e. The molecule has 1 fully saturated rings. The molecular weight excluding hydrogens is 263 g/mol. The molecule has 0 unspecified atom stereocenters. The van der Waals surface area contributed by atoms with Gasteiger partial charge in [-0.25, -0.2) is 4.39 Å². The summed E-state index contributed by atoms with van der Waals surface area (Å²) >= 11 is 3.19. The maximum atomic E-state index is 13.0. The lowest BCUT2D eigenvalue weighted by atomic mass is 9.97. The average molecular weight is 273 g/mol. The predicted octanol–water partition coefficient (Wildman–Crippen LogP) is 3.00. The molecule has 1 N–H and O–H groups in total. The van der Waals surface area contributed by atoms with Crippen LogP contribution in [0.1, 0.15) is 18.4 Å². The maximum absolute atomic E-state index is 13.0. The lowest BCUT2D eigenvalue weighted by Gasteiger charge is -2.09. The molecule has 0 bridgehead atoms. The number of carbonyl (C=O) groups is 1. The van der Waals surface area contributed by atoms with Gasteiger partial charge in [-0.2, -0.15) is 0 Å². The topological polar surface area (TPSA) is 37.3 Å². The van der Waals surface area contributed by atoms with Gasteiger partial charge in [0, 0.05) is 4.47 Å². The summed E-state index contributed by atoms with van der Waals surface area (Å²) in [6.45, 7) is 0. The highest BCUT2D eigenvalue weighted by atomic mass is 79.9. The van der Waals surface area contributed by atoms with Crippen LogP contribution in [-0.2, 0) is 11.2 Å². The standard InChI is InChI=1S/C11H10BrFO2/c12-8-3-7(4-9(13)5-8)6-11(1-2-11)10(14)15/h3-5H,1-2,6H2,(H,14,15). The normalized spacial score (nSPS) is 17.5. The van der Waals surface area contributed by atoms with E-state index in [2.05, 4.69) is 15.9 Å². The summed E-state index contributed by atoms with van der Waals surface area (Å²) in [6, 6.07) is 4.53. The highest BCUT2D eigenvalue weighted by molar-refractivity contribution is 9.10. The Morgan fingerprint density at radius 1 is 1.47 bits per heavy atom. The molecule has 1 aromatic rings. The summed E-state index contributed by atoms with van der Waals surface area (Å²) < 4.78 is 13.7. The second-order valence-corrected chi connectivity index (χ2v) is 4.96. The minimum atomic E-state index is -0.775. The van der Waals surface area contributed by atoms with Crippen molar-refractivity contribution in [3.63, 3.8) is 0 Å². The second kappa shape index (κ2) is 3.59. The summed E-state index contributed by atoms with van der Waals surface area (Å²) in [5.74, 6) is -1.11. The number of hydrogen-bond acceptors (Lipinski definition) is 1.